The van der Waals surface area contributed by atoms with Crippen LogP contribution in [0, 0.1) is 0 Å². The monoisotopic (exact) mass is 298 g/mol. The highest BCUT2D eigenvalue weighted by atomic mass is 16.6. The van der Waals surface area contributed by atoms with Gasteiger partial charge in [0.2, 0.25) is 5.91 Å². The maximum atomic E-state index is 11.3. The Hall–Kier alpha value is -2.69. The maximum absolute atomic E-state index is 11.3. The zero-order valence-corrected chi connectivity index (χ0v) is 12.4. The molecule has 0 aliphatic carbocycles. The lowest BCUT2D eigenvalue weighted by atomic mass is 10.2. The highest BCUT2D eigenvalue weighted by molar-refractivity contribution is 5.90. The number of benzene rings is 2. The third-order valence-corrected chi connectivity index (χ3v) is 3.32. The van der Waals surface area contributed by atoms with E-state index in [0.717, 1.165) is 28.6 Å². The lowest BCUT2D eigenvalue weighted by molar-refractivity contribution is -0.115. The molecule has 0 radical (unpaired) electrons. The SMILES string of the molecule is CCC(=O)Nc1ccc(Nc2ccc3c(c2)OCCO3)cc1. The molecule has 0 saturated heterocycles. The molecule has 0 unspecified atom stereocenters. The highest BCUT2D eigenvalue weighted by Crippen LogP contribution is 2.33. The topological polar surface area (TPSA) is 59.6 Å². The van der Waals surface area contributed by atoms with E-state index in [1.165, 1.54) is 0 Å². The molecule has 114 valence electrons. The van der Waals surface area contributed by atoms with Gasteiger partial charge in [-0.05, 0) is 36.4 Å². The molecule has 1 aliphatic rings. The van der Waals surface area contributed by atoms with Crippen molar-refractivity contribution < 1.29 is 14.3 Å². The van der Waals surface area contributed by atoms with E-state index in [2.05, 4.69) is 10.6 Å². The molecule has 0 fully saturated rings. The second kappa shape index (κ2) is 6.39. The van der Waals surface area contributed by atoms with Crippen LogP contribution in [-0.4, -0.2) is 19.1 Å². The normalized spacial score (nSPS) is 12.6. The van der Waals surface area contributed by atoms with Crippen LogP contribution < -0.4 is 20.1 Å². The van der Waals surface area contributed by atoms with E-state index in [1.54, 1.807) is 0 Å². The van der Waals surface area contributed by atoms with Crippen molar-refractivity contribution in [3.05, 3.63) is 42.5 Å². The largest absolute Gasteiger partial charge is 0.486 e. The average molecular weight is 298 g/mol. The van der Waals surface area contributed by atoms with Gasteiger partial charge in [0.15, 0.2) is 11.5 Å². The number of rotatable bonds is 4. The van der Waals surface area contributed by atoms with Crippen LogP contribution in [0.25, 0.3) is 0 Å². The van der Waals surface area contributed by atoms with E-state index in [4.69, 9.17) is 9.47 Å². The van der Waals surface area contributed by atoms with Crippen molar-refractivity contribution in [1.82, 2.24) is 0 Å². The average Bonchev–Trinajstić information content (AvgIpc) is 2.56. The van der Waals surface area contributed by atoms with Gasteiger partial charge in [-0.2, -0.15) is 0 Å². The third-order valence-electron chi connectivity index (χ3n) is 3.32. The molecule has 1 amide bonds. The standard InChI is InChI=1S/C17H18N2O3/c1-2-17(20)19-13-5-3-12(4-6-13)18-14-7-8-15-16(11-14)22-10-9-21-15/h3-8,11,18H,2,9-10H2,1H3,(H,19,20). The molecule has 2 N–H and O–H groups in total. The predicted molar refractivity (Wildman–Crippen MR) is 86.1 cm³/mol. The Bertz CT molecular complexity index is 668. The molecule has 0 aromatic heterocycles. The van der Waals surface area contributed by atoms with Crippen LogP contribution in [0.5, 0.6) is 11.5 Å². The number of nitrogens with one attached hydrogen (secondary N) is 2. The fourth-order valence-corrected chi connectivity index (χ4v) is 2.17. The van der Waals surface area contributed by atoms with Crippen molar-refractivity contribution >= 4 is 23.0 Å². The molecular weight excluding hydrogens is 280 g/mol. The summed E-state index contributed by atoms with van der Waals surface area (Å²) in [5.74, 6) is 1.53. The number of hydrogen-bond donors (Lipinski definition) is 2. The molecule has 0 spiro atoms. The predicted octanol–water partition coefficient (Wildman–Crippen LogP) is 3.55. The molecule has 0 atom stereocenters. The summed E-state index contributed by atoms with van der Waals surface area (Å²) in [5, 5.41) is 6.12. The fourth-order valence-electron chi connectivity index (χ4n) is 2.17. The number of anilines is 3. The first kappa shape index (κ1) is 14.3. The van der Waals surface area contributed by atoms with Crippen molar-refractivity contribution in [3.8, 4) is 11.5 Å². The van der Waals surface area contributed by atoms with E-state index in [1.807, 2.05) is 49.4 Å². The quantitative estimate of drug-likeness (QED) is 0.906. The number of carbonyl (C=O) groups is 1. The van der Waals surface area contributed by atoms with Gasteiger partial charge in [-0.1, -0.05) is 6.92 Å². The number of hydrogen-bond acceptors (Lipinski definition) is 4. The van der Waals surface area contributed by atoms with Gasteiger partial charge < -0.3 is 20.1 Å². The summed E-state index contributed by atoms with van der Waals surface area (Å²) >= 11 is 0. The lowest BCUT2D eigenvalue weighted by Crippen LogP contribution is -2.15. The van der Waals surface area contributed by atoms with E-state index >= 15 is 0 Å². The third kappa shape index (κ3) is 3.31. The van der Waals surface area contributed by atoms with Crippen molar-refractivity contribution in [2.24, 2.45) is 0 Å². The van der Waals surface area contributed by atoms with Crippen LogP contribution in [0.3, 0.4) is 0 Å². The first-order chi connectivity index (χ1) is 10.7. The van der Waals surface area contributed by atoms with E-state index in [-0.39, 0.29) is 5.91 Å². The molecule has 5 heteroatoms. The Morgan fingerprint density at radius 1 is 0.955 bits per heavy atom. The molecule has 1 heterocycles. The molecule has 0 saturated carbocycles. The Morgan fingerprint density at radius 3 is 2.32 bits per heavy atom. The zero-order chi connectivity index (χ0) is 15.4. The van der Waals surface area contributed by atoms with Gasteiger partial charge in [-0.25, -0.2) is 0 Å². The van der Waals surface area contributed by atoms with Gasteiger partial charge >= 0.3 is 0 Å². The smallest absolute Gasteiger partial charge is 0.224 e. The van der Waals surface area contributed by atoms with Gasteiger partial charge in [0.25, 0.3) is 0 Å². The summed E-state index contributed by atoms with van der Waals surface area (Å²) in [6, 6.07) is 13.3. The van der Waals surface area contributed by atoms with Crippen molar-refractivity contribution in [2.75, 3.05) is 23.8 Å². The number of carbonyl (C=O) groups excluding carboxylic acids is 1. The van der Waals surface area contributed by atoms with Crippen molar-refractivity contribution in [1.29, 1.82) is 0 Å². The Morgan fingerprint density at radius 2 is 1.59 bits per heavy atom. The van der Waals surface area contributed by atoms with Crippen LogP contribution in [-0.2, 0) is 4.79 Å². The van der Waals surface area contributed by atoms with Crippen LogP contribution in [0.15, 0.2) is 42.5 Å². The van der Waals surface area contributed by atoms with Gasteiger partial charge in [0, 0.05) is 29.5 Å². The molecular formula is C17H18N2O3. The van der Waals surface area contributed by atoms with E-state index in [0.29, 0.717) is 19.6 Å². The Kier molecular flexibility index (Phi) is 4.14. The van der Waals surface area contributed by atoms with Crippen LogP contribution >= 0.6 is 0 Å². The second-order valence-electron chi connectivity index (χ2n) is 4.96. The number of fused-ring (bicyclic) bond motifs is 1. The minimum Gasteiger partial charge on any atom is -0.486 e. The molecule has 0 bridgehead atoms. The minimum absolute atomic E-state index is 0.00699. The zero-order valence-electron chi connectivity index (χ0n) is 12.4. The van der Waals surface area contributed by atoms with Crippen molar-refractivity contribution in [2.45, 2.75) is 13.3 Å². The summed E-state index contributed by atoms with van der Waals surface area (Å²) in [6.45, 7) is 2.99. The lowest BCUT2D eigenvalue weighted by Gasteiger charge is -2.19. The van der Waals surface area contributed by atoms with Crippen molar-refractivity contribution in [3.63, 3.8) is 0 Å². The Labute approximate surface area is 129 Å². The summed E-state index contributed by atoms with van der Waals surface area (Å²) in [5.41, 5.74) is 2.65. The van der Waals surface area contributed by atoms with Crippen LogP contribution in [0.1, 0.15) is 13.3 Å². The van der Waals surface area contributed by atoms with Crippen LogP contribution in [0.2, 0.25) is 0 Å². The maximum Gasteiger partial charge on any atom is 0.224 e. The molecule has 3 rings (SSSR count). The van der Waals surface area contributed by atoms with Crippen LogP contribution in [0.4, 0.5) is 17.1 Å². The molecule has 2 aromatic rings. The highest BCUT2D eigenvalue weighted by Gasteiger charge is 2.11. The minimum atomic E-state index is 0.00699. The number of ether oxygens (including phenoxy) is 2. The second-order valence-corrected chi connectivity index (χ2v) is 4.96. The summed E-state index contributed by atoms with van der Waals surface area (Å²) in [6.07, 6.45) is 0.469. The molecule has 5 nitrogen and oxygen atoms in total. The Balaban J connectivity index is 1.69. The van der Waals surface area contributed by atoms with E-state index in [9.17, 15) is 4.79 Å². The summed E-state index contributed by atoms with van der Waals surface area (Å²) in [4.78, 5) is 11.3. The number of amides is 1. The van der Waals surface area contributed by atoms with Gasteiger partial charge in [-0.3, -0.25) is 4.79 Å². The molecule has 1 aliphatic heterocycles. The van der Waals surface area contributed by atoms with Gasteiger partial charge in [-0.15, -0.1) is 0 Å². The fraction of sp³-hybridized carbons (Fsp3) is 0.235. The molecule has 22 heavy (non-hydrogen) atoms. The summed E-state index contributed by atoms with van der Waals surface area (Å²) < 4.78 is 11.1. The first-order valence-electron chi connectivity index (χ1n) is 7.31. The van der Waals surface area contributed by atoms with Gasteiger partial charge in [0.05, 0.1) is 0 Å². The van der Waals surface area contributed by atoms with E-state index < -0.39 is 0 Å². The summed E-state index contributed by atoms with van der Waals surface area (Å²) in [7, 11) is 0. The van der Waals surface area contributed by atoms with Gasteiger partial charge in [0.1, 0.15) is 13.2 Å². The molecule has 2 aromatic carbocycles. The first-order valence-corrected chi connectivity index (χ1v) is 7.31.